The van der Waals surface area contributed by atoms with Crippen LogP contribution in [-0.4, -0.2) is 33.5 Å². The van der Waals surface area contributed by atoms with E-state index in [0.717, 1.165) is 11.1 Å². The first-order chi connectivity index (χ1) is 10.2. The lowest BCUT2D eigenvalue weighted by Gasteiger charge is -2.30. The van der Waals surface area contributed by atoms with E-state index in [4.69, 9.17) is 0 Å². The minimum Gasteiger partial charge on any atom is -0.394 e. The summed E-state index contributed by atoms with van der Waals surface area (Å²) < 4.78 is 0. The highest BCUT2D eigenvalue weighted by Gasteiger charge is 2.23. The highest BCUT2D eigenvalue weighted by molar-refractivity contribution is 7.07. The number of amides is 1. The zero-order chi connectivity index (χ0) is 15.2. The van der Waals surface area contributed by atoms with E-state index in [0.29, 0.717) is 18.5 Å². The minimum absolute atomic E-state index is 0.0361. The summed E-state index contributed by atoms with van der Waals surface area (Å²) in [5, 5.41) is 13.6. The van der Waals surface area contributed by atoms with E-state index in [1.54, 1.807) is 28.6 Å². The smallest absolute Gasteiger partial charge is 0.256 e. The average molecular weight is 304 g/mol. The van der Waals surface area contributed by atoms with Gasteiger partial charge < -0.3 is 10.0 Å². The maximum Gasteiger partial charge on any atom is 0.256 e. The number of thiophene rings is 1. The molecule has 4 nitrogen and oxygen atoms in total. The number of hydrogen-bond acceptors (Lipinski definition) is 4. The Kier molecular flexibility index (Phi) is 5.47. The topological polar surface area (TPSA) is 53.4 Å². The molecular weight excluding hydrogens is 284 g/mol. The highest BCUT2D eigenvalue weighted by Crippen LogP contribution is 2.17. The summed E-state index contributed by atoms with van der Waals surface area (Å²) in [5.74, 6) is -0.0849. The average Bonchev–Trinajstić information content (AvgIpc) is 3.00. The van der Waals surface area contributed by atoms with Crippen LogP contribution in [0.4, 0.5) is 0 Å². The van der Waals surface area contributed by atoms with E-state index in [1.165, 1.54) is 0 Å². The number of aliphatic hydroxyl groups is 1. The van der Waals surface area contributed by atoms with Crippen molar-refractivity contribution in [1.82, 2.24) is 9.88 Å². The predicted molar refractivity (Wildman–Crippen MR) is 84.3 cm³/mol. The Bertz CT molecular complexity index is 580. The van der Waals surface area contributed by atoms with Gasteiger partial charge in [-0.25, -0.2) is 0 Å². The van der Waals surface area contributed by atoms with E-state index < -0.39 is 0 Å². The van der Waals surface area contributed by atoms with Gasteiger partial charge in [-0.15, -0.1) is 0 Å². The number of aliphatic hydroxyl groups excluding tert-OH is 1. The molecule has 1 unspecified atom stereocenters. The van der Waals surface area contributed by atoms with Gasteiger partial charge in [0, 0.05) is 18.9 Å². The third-order valence-electron chi connectivity index (χ3n) is 3.44. The van der Waals surface area contributed by atoms with E-state index >= 15 is 0 Å². The van der Waals surface area contributed by atoms with Crippen LogP contribution in [0.1, 0.15) is 34.8 Å². The van der Waals surface area contributed by atoms with E-state index in [2.05, 4.69) is 4.98 Å². The number of carbonyl (C=O) groups excluding carboxylic acids is 1. The van der Waals surface area contributed by atoms with Gasteiger partial charge in [-0.2, -0.15) is 11.3 Å². The van der Waals surface area contributed by atoms with Gasteiger partial charge in [0.1, 0.15) is 0 Å². The van der Waals surface area contributed by atoms with Crippen LogP contribution in [0.3, 0.4) is 0 Å². The summed E-state index contributed by atoms with van der Waals surface area (Å²) in [6.45, 7) is 4.36. The van der Waals surface area contributed by atoms with Gasteiger partial charge in [-0.1, -0.05) is 6.92 Å². The fraction of sp³-hybridized carbons (Fsp3) is 0.375. The quantitative estimate of drug-likeness (QED) is 0.893. The minimum atomic E-state index is -0.182. The van der Waals surface area contributed by atoms with Gasteiger partial charge in [-0.3, -0.25) is 9.78 Å². The first-order valence-corrected chi connectivity index (χ1v) is 7.94. The Balaban J connectivity index is 2.27. The van der Waals surface area contributed by atoms with Crippen molar-refractivity contribution >= 4 is 17.2 Å². The summed E-state index contributed by atoms with van der Waals surface area (Å²) >= 11 is 1.61. The predicted octanol–water partition coefficient (Wildman–Crippen LogP) is 2.86. The van der Waals surface area contributed by atoms with Crippen LogP contribution in [0.2, 0.25) is 0 Å². The normalized spacial score (nSPS) is 12.1. The van der Waals surface area contributed by atoms with E-state index in [1.807, 2.05) is 36.7 Å². The van der Waals surface area contributed by atoms with Gasteiger partial charge in [0.2, 0.25) is 0 Å². The zero-order valence-corrected chi connectivity index (χ0v) is 13.1. The number of rotatable bonds is 6. The van der Waals surface area contributed by atoms with Crippen LogP contribution in [-0.2, 0) is 6.54 Å². The number of aromatic nitrogens is 1. The molecule has 1 amide bonds. The van der Waals surface area contributed by atoms with Gasteiger partial charge >= 0.3 is 0 Å². The van der Waals surface area contributed by atoms with Crippen molar-refractivity contribution in [3.05, 3.63) is 52.0 Å². The first kappa shape index (κ1) is 15.7. The molecule has 2 rings (SSSR count). The van der Waals surface area contributed by atoms with Crippen LogP contribution < -0.4 is 0 Å². The lowest BCUT2D eigenvalue weighted by molar-refractivity contribution is 0.0563. The van der Waals surface area contributed by atoms with E-state index in [9.17, 15) is 9.90 Å². The first-order valence-electron chi connectivity index (χ1n) is 7.00. The van der Waals surface area contributed by atoms with Crippen LogP contribution in [0, 0.1) is 6.92 Å². The van der Waals surface area contributed by atoms with E-state index in [-0.39, 0.29) is 18.6 Å². The molecule has 5 heteroatoms. The summed E-state index contributed by atoms with van der Waals surface area (Å²) in [6.07, 6.45) is 4.02. The molecule has 0 spiro atoms. The number of pyridine rings is 1. The molecule has 0 aliphatic carbocycles. The molecule has 0 aliphatic heterocycles. The van der Waals surface area contributed by atoms with Crippen LogP contribution in [0.15, 0.2) is 35.3 Å². The Morgan fingerprint density at radius 1 is 1.48 bits per heavy atom. The molecule has 0 bridgehead atoms. The molecule has 0 aliphatic rings. The number of nitrogens with zero attached hydrogens (tertiary/aromatic N) is 2. The second-order valence-corrected chi connectivity index (χ2v) is 5.84. The van der Waals surface area contributed by atoms with Gasteiger partial charge in [0.25, 0.3) is 5.91 Å². The fourth-order valence-electron chi connectivity index (χ4n) is 2.23. The highest BCUT2D eigenvalue weighted by atomic mass is 32.1. The molecule has 1 N–H and O–H groups in total. The summed E-state index contributed by atoms with van der Waals surface area (Å²) in [6, 6.07) is 3.65. The van der Waals surface area contributed by atoms with Gasteiger partial charge in [0.15, 0.2) is 0 Å². The molecule has 2 aromatic heterocycles. The van der Waals surface area contributed by atoms with Gasteiger partial charge in [-0.05, 0) is 47.4 Å². The molecular formula is C16H20N2O2S. The standard InChI is InChI=1S/C16H20N2O2S/c1-3-15(10-19)18(9-13-4-5-21-11-13)16(20)14-6-12(2)7-17-8-14/h4-8,11,15,19H,3,9-10H2,1-2H3. The number of carbonyl (C=O) groups is 1. The summed E-state index contributed by atoms with van der Waals surface area (Å²) in [7, 11) is 0. The molecule has 0 aromatic carbocycles. The third-order valence-corrected chi connectivity index (χ3v) is 4.17. The largest absolute Gasteiger partial charge is 0.394 e. The number of hydrogen-bond donors (Lipinski definition) is 1. The van der Waals surface area contributed by atoms with Crippen molar-refractivity contribution in [3.8, 4) is 0 Å². The Labute approximate surface area is 129 Å². The Morgan fingerprint density at radius 2 is 2.29 bits per heavy atom. The number of aryl methyl sites for hydroxylation is 1. The maximum atomic E-state index is 12.8. The monoisotopic (exact) mass is 304 g/mol. The second-order valence-electron chi connectivity index (χ2n) is 5.06. The van der Waals surface area contributed by atoms with Crippen molar-refractivity contribution in [2.75, 3.05) is 6.61 Å². The van der Waals surface area contributed by atoms with Crippen molar-refractivity contribution in [2.45, 2.75) is 32.9 Å². The molecule has 21 heavy (non-hydrogen) atoms. The van der Waals surface area contributed by atoms with Crippen LogP contribution in [0.5, 0.6) is 0 Å². The Hall–Kier alpha value is -1.72. The molecule has 0 saturated carbocycles. The van der Waals surface area contributed by atoms with Crippen molar-refractivity contribution < 1.29 is 9.90 Å². The van der Waals surface area contributed by atoms with Crippen LogP contribution in [0.25, 0.3) is 0 Å². The molecule has 0 radical (unpaired) electrons. The fourth-order valence-corrected chi connectivity index (χ4v) is 2.89. The Morgan fingerprint density at radius 3 is 2.86 bits per heavy atom. The van der Waals surface area contributed by atoms with Crippen molar-refractivity contribution in [1.29, 1.82) is 0 Å². The van der Waals surface area contributed by atoms with Crippen molar-refractivity contribution in [3.63, 3.8) is 0 Å². The zero-order valence-electron chi connectivity index (χ0n) is 12.3. The molecule has 2 heterocycles. The second kappa shape index (κ2) is 7.33. The van der Waals surface area contributed by atoms with Crippen molar-refractivity contribution in [2.24, 2.45) is 0 Å². The lowest BCUT2D eigenvalue weighted by Crippen LogP contribution is -2.41. The summed E-state index contributed by atoms with van der Waals surface area (Å²) in [4.78, 5) is 18.6. The molecule has 0 fully saturated rings. The maximum absolute atomic E-state index is 12.8. The SMILES string of the molecule is CCC(CO)N(Cc1ccsc1)C(=O)c1cncc(C)c1. The summed E-state index contributed by atoms with van der Waals surface area (Å²) in [5.41, 5.74) is 2.60. The molecule has 1 atom stereocenters. The molecule has 112 valence electrons. The third kappa shape index (κ3) is 3.89. The molecule has 2 aromatic rings. The molecule has 0 saturated heterocycles. The van der Waals surface area contributed by atoms with Gasteiger partial charge in [0.05, 0.1) is 18.2 Å². The van der Waals surface area contributed by atoms with Crippen LogP contribution >= 0.6 is 11.3 Å². The lowest BCUT2D eigenvalue weighted by atomic mass is 10.1.